The second-order valence-corrected chi connectivity index (χ2v) is 7.38. The van der Waals surface area contributed by atoms with Crippen LogP contribution in [0.2, 0.25) is 0 Å². The van der Waals surface area contributed by atoms with E-state index in [4.69, 9.17) is 0 Å². The van der Waals surface area contributed by atoms with Crippen molar-refractivity contribution in [3.05, 3.63) is 35.7 Å². The number of benzene rings is 1. The van der Waals surface area contributed by atoms with E-state index in [-0.39, 0.29) is 5.91 Å². The summed E-state index contributed by atoms with van der Waals surface area (Å²) >= 11 is 1.48. The first-order valence-corrected chi connectivity index (χ1v) is 9.43. The summed E-state index contributed by atoms with van der Waals surface area (Å²) in [5.41, 5.74) is 1.99. The second kappa shape index (κ2) is 7.01. The van der Waals surface area contributed by atoms with E-state index < -0.39 is 0 Å². The highest BCUT2D eigenvalue weighted by molar-refractivity contribution is 7.14. The molecule has 2 aliphatic heterocycles. The van der Waals surface area contributed by atoms with Crippen molar-refractivity contribution in [2.45, 2.75) is 18.9 Å². The zero-order valence-electron chi connectivity index (χ0n) is 13.6. The van der Waals surface area contributed by atoms with Gasteiger partial charge in [-0.05, 0) is 19.4 Å². The minimum Gasteiger partial charge on any atom is -0.301 e. The number of hydrogen-bond acceptors (Lipinski definition) is 5. The van der Waals surface area contributed by atoms with Crippen molar-refractivity contribution in [1.82, 2.24) is 14.8 Å². The number of piperazine rings is 1. The Labute approximate surface area is 146 Å². The van der Waals surface area contributed by atoms with Gasteiger partial charge in [0.25, 0.3) is 0 Å². The number of thiazole rings is 1. The van der Waals surface area contributed by atoms with Gasteiger partial charge < -0.3 is 5.32 Å². The molecule has 5 nitrogen and oxygen atoms in total. The lowest BCUT2D eigenvalue weighted by Gasteiger charge is -2.36. The van der Waals surface area contributed by atoms with Crippen molar-refractivity contribution < 1.29 is 4.79 Å². The number of rotatable bonds is 4. The monoisotopic (exact) mass is 342 g/mol. The number of anilines is 1. The summed E-state index contributed by atoms with van der Waals surface area (Å²) in [5, 5.41) is 5.62. The summed E-state index contributed by atoms with van der Waals surface area (Å²) in [7, 11) is 0. The zero-order chi connectivity index (χ0) is 16.4. The average Bonchev–Trinajstić information content (AvgIpc) is 3.24. The van der Waals surface area contributed by atoms with Gasteiger partial charge in [0, 0.05) is 36.6 Å². The molecule has 2 fully saturated rings. The van der Waals surface area contributed by atoms with Crippen LogP contribution in [0, 0.1) is 0 Å². The van der Waals surface area contributed by atoms with Crippen LogP contribution in [0.25, 0.3) is 11.3 Å². The van der Waals surface area contributed by atoms with Crippen LogP contribution in [0.5, 0.6) is 0 Å². The van der Waals surface area contributed by atoms with Gasteiger partial charge in [0.2, 0.25) is 5.91 Å². The number of nitrogens with one attached hydrogen (secondary N) is 1. The number of aromatic nitrogens is 1. The maximum absolute atomic E-state index is 12.3. The normalized spacial score (nSPS) is 21.6. The highest BCUT2D eigenvalue weighted by Gasteiger charge is 2.31. The van der Waals surface area contributed by atoms with Gasteiger partial charge in [0.05, 0.1) is 12.2 Å². The van der Waals surface area contributed by atoms with Gasteiger partial charge in [0.1, 0.15) is 0 Å². The van der Waals surface area contributed by atoms with Crippen molar-refractivity contribution in [3.8, 4) is 11.3 Å². The molecular weight excluding hydrogens is 320 g/mol. The Morgan fingerprint density at radius 2 is 2.12 bits per heavy atom. The maximum Gasteiger partial charge on any atom is 0.240 e. The summed E-state index contributed by atoms with van der Waals surface area (Å²) < 4.78 is 0. The predicted molar refractivity (Wildman–Crippen MR) is 97.2 cm³/mol. The second-order valence-electron chi connectivity index (χ2n) is 6.52. The first-order valence-electron chi connectivity index (χ1n) is 8.55. The van der Waals surface area contributed by atoms with Crippen molar-refractivity contribution in [3.63, 3.8) is 0 Å². The molecule has 1 atom stereocenters. The predicted octanol–water partition coefficient (Wildman–Crippen LogP) is 2.53. The molecule has 2 aromatic rings. The molecule has 0 spiro atoms. The molecule has 0 radical (unpaired) electrons. The SMILES string of the molecule is O=C(CN1CCN2CCC[C@@H]2C1)Nc1nc(-c2ccccc2)cs1. The van der Waals surface area contributed by atoms with E-state index in [0.29, 0.717) is 17.7 Å². The topological polar surface area (TPSA) is 48.5 Å². The van der Waals surface area contributed by atoms with Crippen molar-refractivity contribution in [2.75, 3.05) is 38.0 Å². The van der Waals surface area contributed by atoms with Gasteiger partial charge in [-0.25, -0.2) is 4.98 Å². The smallest absolute Gasteiger partial charge is 0.240 e. The summed E-state index contributed by atoms with van der Waals surface area (Å²) in [6.07, 6.45) is 2.57. The number of hydrogen-bond donors (Lipinski definition) is 1. The van der Waals surface area contributed by atoms with E-state index in [9.17, 15) is 4.79 Å². The van der Waals surface area contributed by atoms with Crippen molar-refractivity contribution in [2.24, 2.45) is 0 Å². The van der Waals surface area contributed by atoms with E-state index in [1.54, 1.807) is 0 Å². The molecule has 1 amide bonds. The molecule has 4 rings (SSSR count). The molecule has 1 N–H and O–H groups in total. The van der Waals surface area contributed by atoms with E-state index in [0.717, 1.165) is 30.9 Å². The lowest BCUT2D eigenvalue weighted by Crippen LogP contribution is -2.51. The number of carbonyl (C=O) groups is 1. The number of amides is 1. The summed E-state index contributed by atoms with van der Waals surface area (Å²) in [4.78, 5) is 21.7. The maximum atomic E-state index is 12.3. The Hall–Kier alpha value is -1.76. The number of carbonyl (C=O) groups excluding carboxylic acids is 1. The summed E-state index contributed by atoms with van der Waals surface area (Å²) in [5.74, 6) is 0.0374. The highest BCUT2D eigenvalue weighted by atomic mass is 32.1. The summed E-state index contributed by atoms with van der Waals surface area (Å²) in [6.45, 7) is 4.78. The molecule has 0 bridgehead atoms. The molecule has 6 heteroatoms. The minimum absolute atomic E-state index is 0.0374. The third-order valence-electron chi connectivity index (χ3n) is 4.86. The molecule has 0 aliphatic carbocycles. The van der Waals surface area contributed by atoms with E-state index in [1.807, 2.05) is 35.7 Å². The highest BCUT2D eigenvalue weighted by Crippen LogP contribution is 2.25. The van der Waals surface area contributed by atoms with Crippen LogP contribution in [-0.2, 0) is 4.79 Å². The fourth-order valence-electron chi connectivity index (χ4n) is 3.63. The Morgan fingerprint density at radius 1 is 1.25 bits per heavy atom. The molecular formula is C18H22N4OS. The van der Waals surface area contributed by atoms with E-state index in [2.05, 4.69) is 20.1 Å². The van der Waals surface area contributed by atoms with Gasteiger partial charge >= 0.3 is 0 Å². The molecule has 2 saturated heterocycles. The third-order valence-corrected chi connectivity index (χ3v) is 5.62. The molecule has 0 unspecified atom stereocenters. The average molecular weight is 342 g/mol. The quantitative estimate of drug-likeness (QED) is 0.928. The van der Waals surface area contributed by atoms with Crippen LogP contribution >= 0.6 is 11.3 Å². The van der Waals surface area contributed by atoms with Crippen LogP contribution in [0.15, 0.2) is 35.7 Å². The fourth-order valence-corrected chi connectivity index (χ4v) is 4.37. The molecule has 126 valence electrons. The lowest BCUT2D eigenvalue weighted by molar-refractivity contribution is -0.117. The molecule has 2 aliphatic rings. The Bertz CT molecular complexity index is 702. The third kappa shape index (κ3) is 3.50. The standard InChI is InChI=1S/C18H22N4OS/c23-17(12-21-9-10-22-8-4-7-15(22)11-21)20-18-19-16(13-24-18)14-5-2-1-3-6-14/h1-3,5-6,13,15H,4,7-12H2,(H,19,20,23)/t15-/m1/s1. The Balaban J connectivity index is 1.32. The van der Waals surface area contributed by atoms with Gasteiger partial charge in [-0.3, -0.25) is 14.6 Å². The zero-order valence-corrected chi connectivity index (χ0v) is 14.5. The van der Waals surface area contributed by atoms with Crippen LogP contribution in [0.4, 0.5) is 5.13 Å². The van der Waals surface area contributed by atoms with Crippen molar-refractivity contribution in [1.29, 1.82) is 0 Å². The Morgan fingerprint density at radius 3 is 3.00 bits per heavy atom. The molecule has 24 heavy (non-hydrogen) atoms. The van der Waals surface area contributed by atoms with Gasteiger partial charge in [0.15, 0.2) is 5.13 Å². The van der Waals surface area contributed by atoms with Crippen molar-refractivity contribution >= 4 is 22.4 Å². The molecule has 1 aromatic heterocycles. The largest absolute Gasteiger partial charge is 0.301 e. The van der Waals surface area contributed by atoms with E-state index in [1.165, 1.54) is 30.7 Å². The van der Waals surface area contributed by atoms with Gasteiger partial charge in [-0.15, -0.1) is 11.3 Å². The Kier molecular flexibility index (Phi) is 4.60. The molecule has 1 aromatic carbocycles. The van der Waals surface area contributed by atoms with Crippen LogP contribution in [-0.4, -0.2) is 59.5 Å². The van der Waals surface area contributed by atoms with E-state index >= 15 is 0 Å². The molecule has 0 saturated carbocycles. The van der Waals surface area contributed by atoms with Crippen LogP contribution in [0.3, 0.4) is 0 Å². The minimum atomic E-state index is 0.0374. The number of fused-ring (bicyclic) bond motifs is 1. The van der Waals surface area contributed by atoms with Crippen LogP contribution in [0.1, 0.15) is 12.8 Å². The lowest BCUT2D eigenvalue weighted by atomic mass is 10.1. The van der Waals surface area contributed by atoms with Crippen LogP contribution < -0.4 is 5.32 Å². The number of nitrogens with zero attached hydrogens (tertiary/aromatic N) is 3. The first-order chi connectivity index (χ1) is 11.8. The van der Waals surface area contributed by atoms with Gasteiger partial charge in [-0.2, -0.15) is 0 Å². The first kappa shape index (κ1) is 15.7. The molecule has 3 heterocycles. The summed E-state index contributed by atoms with van der Waals surface area (Å²) in [6, 6.07) is 10.7. The fraction of sp³-hybridized carbons (Fsp3) is 0.444. The van der Waals surface area contributed by atoms with Gasteiger partial charge in [-0.1, -0.05) is 30.3 Å².